The van der Waals surface area contributed by atoms with E-state index in [1.165, 1.54) is 31.0 Å². The van der Waals surface area contributed by atoms with E-state index in [0.29, 0.717) is 38.8 Å². The number of benzene rings is 1. The number of hydrogen-bond acceptors (Lipinski definition) is 7. The molecule has 148 valence electrons. The lowest BCUT2D eigenvalue weighted by Gasteiger charge is -2.03. The lowest BCUT2D eigenvalue weighted by molar-refractivity contribution is 0.0601. The van der Waals surface area contributed by atoms with E-state index in [9.17, 15) is 9.59 Å². The summed E-state index contributed by atoms with van der Waals surface area (Å²) in [7, 11) is 2.77. The monoisotopic (exact) mass is 414 g/mol. The molecule has 4 rings (SSSR count). The molecule has 0 spiro atoms. The number of halogens is 1. The molecule has 3 aromatic heterocycles. The predicted molar refractivity (Wildman–Crippen MR) is 103 cm³/mol. The van der Waals surface area contributed by atoms with Gasteiger partial charge in [-0.25, -0.2) is 9.31 Å². The maximum Gasteiger partial charge on any atom is 0.341 e. The minimum Gasteiger partial charge on any atom is -0.481 e. The van der Waals surface area contributed by atoms with Gasteiger partial charge in [0.25, 0.3) is 5.91 Å². The summed E-state index contributed by atoms with van der Waals surface area (Å²) in [4.78, 5) is 28.8. The molecule has 1 amide bonds. The van der Waals surface area contributed by atoms with E-state index < -0.39 is 5.97 Å². The minimum atomic E-state index is -0.561. The Morgan fingerprint density at radius 1 is 1.24 bits per heavy atom. The van der Waals surface area contributed by atoms with Crippen molar-refractivity contribution in [3.05, 3.63) is 58.6 Å². The summed E-state index contributed by atoms with van der Waals surface area (Å²) in [6.07, 6.45) is 3.07. The molecule has 0 bridgehead atoms. The Hall–Kier alpha value is -3.59. The van der Waals surface area contributed by atoms with Crippen molar-refractivity contribution in [3.63, 3.8) is 0 Å². The molecule has 4 aromatic rings. The summed E-state index contributed by atoms with van der Waals surface area (Å²) in [5, 5.41) is 7.86. The summed E-state index contributed by atoms with van der Waals surface area (Å²) in [5.74, 6) is -0.124. The lowest BCUT2D eigenvalue weighted by atomic mass is 10.1. The third kappa shape index (κ3) is 3.47. The van der Waals surface area contributed by atoms with Crippen molar-refractivity contribution in [1.82, 2.24) is 19.9 Å². The Morgan fingerprint density at radius 2 is 2.07 bits per heavy atom. The van der Waals surface area contributed by atoms with Crippen molar-refractivity contribution in [2.45, 2.75) is 6.54 Å². The third-order valence-electron chi connectivity index (χ3n) is 4.26. The van der Waals surface area contributed by atoms with Crippen molar-refractivity contribution in [2.24, 2.45) is 0 Å². The van der Waals surface area contributed by atoms with Crippen LogP contribution in [-0.2, 0) is 11.3 Å². The molecular formula is C19H15ClN4O5. The highest BCUT2D eigenvalue weighted by Gasteiger charge is 2.18. The standard InChI is InChI=1S/C19H15ClN4O5/c1-27-15-3-4-24-17(23-15)14(9-22-24)18(25)21-8-12-6-10-5-11(20)7-13(16(10)29-12)19(26)28-2/h3-7,9H,8H2,1-2H3,(H,21,25). The minimum absolute atomic E-state index is 0.0903. The van der Waals surface area contributed by atoms with Gasteiger partial charge in [-0.3, -0.25) is 4.79 Å². The normalized spacial score (nSPS) is 11.0. The van der Waals surface area contributed by atoms with Crippen LogP contribution in [0.4, 0.5) is 0 Å². The van der Waals surface area contributed by atoms with Crippen LogP contribution in [0.15, 0.2) is 41.1 Å². The number of fused-ring (bicyclic) bond motifs is 2. The summed E-state index contributed by atoms with van der Waals surface area (Å²) in [6.45, 7) is 0.0903. The maximum atomic E-state index is 12.6. The zero-order valence-corrected chi connectivity index (χ0v) is 16.2. The van der Waals surface area contributed by atoms with Crippen LogP contribution >= 0.6 is 11.6 Å². The van der Waals surface area contributed by atoms with E-state index in [-0.39, 0.29) is 18.0 Å². The van der Waals surface area contributed by atoms with Gasteiger partial charge in [0.15, 0.2) is 5.65 Å². The van der Waals surface area contributed by atoms with Crippen LogP contribution in [0.2, 0.25) is 5.02 Å². The smallest absolute Gasteiger partial charge is 0.341 e. The van der Waals surface area contributed by atoms with E-state index in [2.05, 4.69) is 15.4 Å². The second kappa shape index (κ2) is 7.44. The highest BCUT2D eigenvalue weighted by Crippen LogP contribution is 2.28. The second-order valence-corrected chi connectivity index (χ2v) is 6.49. The van der Waals surface area contributed by atoms with Crippen molar-refractivity contribution >= 4 is 40.1 Å². The number of amides is 1. The van der Waals surface area contributed by atoms with Crippen LogP contribution in [0.3, 0.4) is 0 Å². The van der Waals surface area contributed by atoms with Gasteiger partial charge in [0.2, 0.25) is 5.88 Å². The van der Waals surface area contributed by atoms with Crippen LogP contribution in [0.1, 0.15) is 26.5 Å². The van der Waals surface area contributed by atoms with Gasteiger partial charge in [0.05, 0.1) is 27.0 Å². The molecule has 1 N–H and O–H groups in total. The summed E-state index contributed by atoms with van der Waals surface area (Å²) in [5.41, 5.74) is 1.21. The molecule has 0 aliphatic carbocycles. The number of esters is 1. The average Bonchev–Trinajstić information content (AvgIpc) is 3.33. The van der Waals surface area contributed by atoms with Gasteiger partial charge in [-0.1, -0.05) is 11.6 Å². The molecule has 0 fully saturated rings. The van der Waals surface area contributed by atoms with Gasteiger partial charge in [0.1, 0.15) is 22.5 Å². The zero-order valence-electron chi connectivity index (χ0n) is 15.4. The van der Waals surface area contributed by atoms with Gasteiger partial charge < -0.3 is 19.2 Å². The van der Waals surface area contributed by atoms with Gasteiger partial charge >= 0.3 is 5.97 Å². The number of carbonyl (C=O) groups excluding carboxylic acids is 2. The summed E-state index contributed by atoms with van der Waals surface area (Å²) < 4.78 is 17.1. The van der Waals surface area contributed by atoms with E-state index in [0.717, 1.165) is 0 Å². The number of aromatic nitrogens is 3. The number of methoxy groups -OCH3 is 2. The molecule has 0 aliphatic rings. The molecule has 0 saturated carbocycles. The van der Waals surface area contributed by atoms with Crippen LogP contribution in [0, 0.1) is 0 Å². The van der Waals surface area contributed by atoms with E-state index in [1.54, 1.807) is 24.4 Å². The number of rotatable bonds is 5. The van der Waals surface area contributed by atoms with Crippen molar-refractivity contribution in [3.8, 4) is 5.88 Å². The van der Waals surface area contributed by atoms with E-state index >= 15 is 0 Å². The van der Waals surface area contributed by atoms with Gasteiger partial charge in [0, 0.05) is 22.7 Å². The summed E-state index contributed by atoms with van der Waals surface area (Å²) >= 11 is 6.06. The Bertz CT molecular complexity index is 1250. The van der Waals surface area contributed by atoms with Gasteiger partial charge in [-0.2, -0.15) is 10.1 Å². The number of furan rings is 1. The Labute approximate surface area is 169 Å². The number of nitrogens with one attached hydrogen (secondary N) is 1. The van der Waals surface area contributed by atoms with Crippen LogP contribution < -0.4 is 10.1 Å². The first-order valence-electron chi connectivity index (χ1n) is 8.47. The van der Waals surface area contributed by atoms with Crippen molar-refractivity contribution in [2.75, 3.05) is 14.2 Å². The number of nitrogens with zero attached hydrogens (tertiary/aromatic N) is 3. The lowest BCUT2D eigenvalue weighted by Crippen LogP contribution is -2.22. The largest absolute Gasteiger partial charge is 0.481 e. The first-order chi connectivity index (χ1) is 14.0. The van der Waals surface area contributed by atoms with Gasteiger partial charge in [-0.15, -0.1) is 0 Å². The number of ether oxygens (including phenoxy) is 2. The van der Waals surface area contributed by atoms with Crippen molar-refractivity contribution < 1.29 is 23.5 Å². The second-order valence-electron chi connectivity index (χ2n) is 6.05. The molecule has 0 atom stereocenters. The quantitative estimate of drug-likeness (QED) is 0.500. The fraction of sp³-hybridized carbons (Fsp3) is 0.158. The molecular weight excluding hydrogens is 400 g/mol. The van der Waals surface area contributed by atoms with Crippen LogP contribution in [0.5, 0.6) is 5.88 Å². The fourth-order valence-corrected chi connectivity index (χ4v) is 3.13. The molecule has 3 heterocycles. The fourth-order valence-electron chi connectivity index (χ4n) is 2.91. The molecule has 1 aromatic carbocycles. The van der Waals surface area contributed by atoms with Crippen molar-refractivity contribution in [1.29, 1.82) is 0 Å². The highest BCUT2D eigenvalue weighted by atomic mass is 35.5. The Balaban J connectivity index is 1.58. The zero-order chi connectivity index (χ0) is 20.5. The maximum absolute atomic E-state index is 12.6. The molecule has 0 unspecified atom stereocenters. The van der Waals surface area contributed by atoms with E-state index in [4.69, 9.17) is 25.5 Å². The molecule has 0 radical (unpaired) electrons. The number of hydrogen-bond donors (Lipinski definition) is 1. The summed E-state index contributed by atoms with van der Waals surface area (Å²) in [6, 6.07) is 6.48. The molecule has 10 heteroatoms. The van der Waals surface area contributed by atoms with Gasteiger partial charge in [-0.05, 0) is 18.2 Å². The SMILES string of the molecule is COC(=O)c1cc(Cl)cc2cc(CNC(=O)c3cnn4ccc(OC)nc34)oc12. The predicted octanol–water partition coefficient (Wildman–Crippen LogP) is 2.85. The Morgan fingerprint density at radius 3 is 2.83 bits per heavy atom. The Kier molecular flexibility index (Phi) is 4.81. The third-order valence-corrected chi connectivity index (χ3v) is 4.48. The number of carbonyl (C=O) groups is 2. The molecule has 9 nitrogen and oxygen atoms in total. The van der Waals surface area contributed by atoms with Crippen LogP contribution in [-0.4, -0.2) is 40.7 Å². The first-order valence-corrected chi connectivity index (χ1v) is 8.85. The topological polar surface area (TPSA) is 108 Å². The van der Waals surface area contributed by atoms with E-state index in [1.807, 2.05) is 0 Å². The molecule has 0 saturated heterocycles. The highest BCUT2D eigenvalue weighted by molar-refractivity contribution is 6.32. The first kappa shape index (κ1) is 18.8. The average molecular weight is 415 g/mol. The molecule has 29 heavy (non-hydrogen) atoms. The van der Waals surface area contributed by atoms with Crippen LogP contribution in [0.25, 0.3) is 16.6 Å². The molecule has 0 aliphatic heterocycles.